The first-order valence-corrected chi connectivity index (χ1v) is 9.72. The number of halogens is 1. The van der Waals surface area contributed by atoms with Crippen LogP contribution in [0.25, 0.3) is 0 Å². The van der Waals surface area contributed by atoms with Gasteiger partial charge in [0, 0.05) is 11.4 Å². The first kappa shape index (κ1) is 19.5. The number of fused-ring (bicyclic) bond motifs is 1. The van der Waals surface area contributed by atoms with Crippen LogP contribution in [0.5, 0.6) is 11.5 Å². The lowest BCUT2D eigenvalue weighted by molar-refractivity contribution is -0.181. The van der Waals surface area contributed by atoms with Crippen LogP contribution in [0.3, 0.4) is 0 Å². The van der Waals surface area contributed by atoms with Gasteiger partial charge in [-0.2, -0.15) is 0 Å². The van der Waals surface area contributed by atoms with Crippen LogP contribution in [-0.2, 0) is 11.2 Å². The monoisotopic (exact) mass is 406 g/mol. The second-order valence-electron chi connectivity index (χ2n) is 7.15. The van der Waals surface area contributed by atoms with Crippen LogP contribution >= 0.6 is 11.6 Å². The van der Waals surface area contributed by atoms with Gasteiger partial charge < -0.3 is 29.5 Å². The molecule has 2 aromatic carbocycles. The highest BCUT2D eigenvalue weighted by Crippen LogP contribution is 2.35. The quantitative estimate of drug-likeness (QED) is 0.721. The Hall–Kier alpha value is -1.83. The van der Waals surface area contributed by atoms with Crippen molar-refractivity contribution in [3.8, 4) is 11.5 Å². The van der Waals surface area contributed by atoms with Gasteiger partial charge in [0.25, 0.3) is 0 Å². The molecule has 7 heteroatoms. The Labute approximate surface area is 168 Å². The SMILES string of the molecule is OCC1OC(c2ccc(Cl)c(Cc3ccc4c(c3)OCCO4)c2)CC(O)[C@@H]1O. The zero-order chi connectivity index (χ0) is 19.7. The van der Waals surface area contributed by atoms with Gasteiger partial charge in [-0.25, -0.2) is 0 Å². The molecule has 0 bridgehead atoms. The van der Waals surface area contributed by atoms with Crippen molar-refractivity contribution in [3.63, 3.8) is 0 Å². The van der Waals surface area contributed by atoms with Crippen LogP contribution in [0, 0.1) is 0 Å². The highest BCUT2D eigenvalue weighted by atomic mass is 35.5. The first-order chi connectivity index (χ1) is 13.5. The fraction of sp³-hybridized carbons (Fsp3) is 0.429. The molecule has 0 amide bonds. The third-order valence-corrected chi connectivity index (χ3v) is 5.56. The Kier molecular flexibility index (Phi) is 5.75. The third kappa shape index (κ3) is 3.97. The molecule has 2 heterocycles. The molecule has 2 aromatic rings. The van der Waals surface area contributed by atoms with Gasteiger partial charge in [-0.3, -0.25) is 0 Å². The number of aliphatic hydroxyl groups is 3. The van der Waals surface area contributed by atoms with Gasteiger partial charge in [0.05, 0.1) is 18.8 Å². The molecule has 3 N–H and O–H groups in total. The number of hydrogen-bond donors (Lipinski definition) is 3. The number of hydrogen-bond acceptors (Lipinski definition) is 6. The number of aliphatic hydroxyl groups excluding tert-OH is 3. The average Bonchev–Trinajstić information content (AvgIpc) is 2.71. The van der Waals surface area contributed by atoms with E-state index in [0.29, 0.717) is 24.7 Å². The summed E-state index contributed by atoms with van der Waals surface area (Å²) in [5.41, 5.74) is 2.80. The summed E-state index contributed by atoms with van der Waals surface area (Å²) in [7, 11) is 0. The van der Waals surface area contributed by atoms with Crippen molar-refractivity contribution >= 4 is 11.6 Å². The van der Waals surface area contributed by atoms with E-state index in [1.165, 1.54) is 0 Å². The molecule has 0 spiro atoms. The van der Waals surface area contributed by atoms with Gasteiger partial charge in [-0.05, 0) is 41.3 Å². The van der Waals surface area contributed by atoms with Crippen LogP contribution in [0.1, 0.15) is 29.2 Å². The van der Waals surface area contributed by atoms with E-state index in [2.05, 4.69) is 0 Å². The van der Waals surface area contributed by atoms with Gasteiger partial charge in [0.15, 0.2) is 11.5 Å². The standard InChI is InChI=1S/C21H23ClO6/c22-15-3-2-13(18-10-16(24)21(25)20(11-23)28-18)9-14(15)7-12-1-4-17-19(8-12)27-6-5-26-17/h1-4,8-9,16,18,20-21,23-25H,5-7,10-11H2/t16?,18?,20?,21-/m0/s1. The molecule has 4 atom stereocenters. The third-order valence-electron chi connectivity index (χ3n) is 5.19. The number of ether oxygens (including phenoxy) is 3. The predicted octanol–water partition coefficient (Wildman–Crippen LogP) is 2.25. The molecule has 0 radical (unpaired) electrons. The summed E-state index contributed by atoms with van der Waals surface area (Å²) in [6.07, 6.45) is -2.43. The smallest absolute Gasteiger partial charge is 0.161 e. The molecule has 0 saturated carbocycles. The van der Waals surface area contributed by atoms with Crippen molar-refractivity contribution in [1.82, 2.24) is 0 Å². The van der Waals surface area contributed by atoms with Gasteiger partial charge >= 0.3 is 0 Å². The Morgan fingerprint density at radius 3 is 2.57 bits per heavy atom. The number of benzene rings is 2. The molecular formula is C21H23ClO6. The minimum atomic E-state index is -1.09. The lowest BCUT2D eigenvalue weighted by Crippen LogP contribution is -2.47. The zero-order valence-electron chi connectivity index (χ0n) is 15.3. The van der Waals surface area contributed by atoms with Crippen LogP contribution in [-0.4, -0.2) is 53.5 Å². The Bertz CT molecular complexity index is 842. The second-order valence-corrected chi connectivity index (χ2v) is 7.55. The van der Waals surface area contributed by atoms with Crippen LogP contribution in [0.15, 0.2) is 36.4 Å². The van der Waals surface area contributed by atoms with Crippen molar-refractivity contribution in [1.29, 1.82) is 0 Å². The molecular weight excluding hydrogens is 384 g/mol. The summed E-state index contributed by atoms with van der Waals surface area (Å²) in [6.45, 7) is 0.731. The van der Waals surface area contributed by atoms with E-state index in [1.54, 1.807) is 6.07 Å². The van der Waals surface area contributed by atoms with Gasteiger partial charge in [0.2, 0.25) is 0 Å². The number of rotatable bonds is 4. The fourth-order valence-electron chi connectivity index (χ4n) is 3.67. The van der Waals surface area contributed by atoms with E-state index in [0.717, 1.165) is 28.2 Å². The molecule has 4 rings (SSSR count). The van der Waals surface area contributed by atoms with Crippen LogP contribution in [0.4, 0.5) is 0 Å². The van der Waals surface area contributed by atoms with E-state index < -0.39 is 24.4 Å². The topological polar surface area (TPSA) is 88.4 Å². The van der Waals surface area contributed by atoms with Crippen molar-refractivity contribution in [2.24, 2.45) is 0 Å². The summed E-state index contributed by atoms with van der Waals surface area (Å²) in [5.74, 6) is 1.47. The second kappa shape index (κ2) is 8.27. The average molecular weight is 407 g/mol. The summed E-state index contributed by atoms with van der Waals surface area (Å²) in [4.78, 5) is 0. The largest absolute Gasteiger partial charge is 0.486 e. The summed E-state index contributed by atoms with van der Waals surface area (Å²) in [5, 5.41) is 30.0. The predicted molar refractivity (Wildman–Crippen MR) is 103 cm³/mol. The molecule has 2 aliphatic heterocycles. The van der Waals surface area contributed by atoms with E-state index in [9.17, 15) is 15.3 Å². The lowest BCUT2D eigenvalue weighted by atomic mass is 9.92. The van der Waals surface area contributed by atoms with Crippen molar-refractivity contribution < 1.29 is 29.5 Å². The molecule has 6 nitrogen and oxygen atoms in total. The lowest BCUT2D eigenvalue weighted by Gasteiger charge is -2.36. The van der Waals surface area contributed by atoms with E-state index >= 15 is 0 Å². The first-order valence-electron chi connectivity index (χ1n) is 9.34. The molecule has 1 fully saturated rings. The van der Waals surface area contributed by atoms with E-state index in [1.807, 2.05) is 30.3 Å². The Balaban J connectivity index is 1.56. The summed E-state index contributed by atoms with van der Waals surface area (Å²) in [6, 6.07) is 11.4. The summed E-state index contributed by atoms with van der Waals surface area (Å²) < 4.78 is 17.0. The minimum absolute atomic E-state index is 0.253. The highest BCUT2D eigenvalue weighted by molar-refractivity contribution is 6.31. The zero-order valence-corrected chi connectivity index (χ0v) is 16.0. The molecule has 28 heavy (non-hydrogen) atoms. The van der Waals surface area contributed by atoms with Gasteiger partial charge in [-0.1, -0.05) is 29.8 Å². The highest BCUT2D eigenvalue weighted by Gasteiger charge is 2.37. The van der Waals surface area contributed by atoms with Gasteiger partial charge in [-0.15, -0.1) is 0 Å². The van der Waals surface area contributed by atoms with Crippen molar-refractivity contribution in [2.45, 2.75) is 37.3 Å². The maximum absolute atomic E-state index is 10.1. The Morgan fingerprint density at radius 2 is 1.79 bits per heavy atom. The van der Waals surface area contributed by atoms with Gasteiger partial charge in [0.1, 0.15) is 25.4 Å². The van der Waals surface area contributed by atoms with E-state index in [4.69, 9.17) is 25.8 Å². The molecule has 0 aliphatic carbocycles. The molecule has 0 aromatic heterocycles. The minimum Gasteiger partial charge on any atom is -0.486 e. The maximum Gasteiger partial charge on any atom is 0.161 e. The molecule has 3 unspecified atom stereocenters. The molecule has 150 valence electrons. The molecule has 2 aliphatic rings. The molecule has 1 saturated heterocycles. The van der Waals surface area contributed by atoms with Crippen molar-refractivity contribution in [3.05, 3.63) is 58.1 Å². The summed E-state index contributed by atoms with van der Waals surface area (Å²) >= 11 is 6.41. The van der Waals surface area contributed by atoms with E-state index in [-0.39, 0.29) is 13.0 Å². The van der Waals surface area contributed by atoms with Crippen LogP contribution < -0.4 is 9.47 Å². The normalized spacial score (nSPS) is 26.9. The fourth-order valence-corrected chi connectivity index (χ4v) is 3.85. The Morgan fingerprint density at radius 1 is 1.00 bits per heavy atom. The van der Waals surface area contributed by atoms with Crippen LogP contribution in [0.2, 0.25) is 5.02 Å². The van der Waals surface area contributed by atoms with Crippen molar-refractivity contribution in [2.75, 3.05) is 19.8 Å². The maximum atomic E-state index is 10.1.